The van der Waals surface area contributed by atoms with Crippen molar-refractivity contribution in [3.63, 3.8) is 0 Å². The topological polar surface area (TPSA) is 27.3 Å². The van der Waals surface area contributed by atoms with Gasteiger partial charge in [-0.2, -0.15) is 0 Å². The zero-order chi connectivity index (χ0) is 25.1. The van der Waals surface area contributed by atoms with E-state index in [1.54, 1.807) is 0 Å². The van der Waals surface area contributed by atoms with Crippen LogP contribution in [0.5, 0.6) is 0 Å². The molecule has 0 atom stereocenters. The molecule has 3 heteroatoms. The first kappa shape index (κ1) is 30.2. The third-order valence-electron chi connectivity index (χ3n) is 4.87. The van der Waals surface area contributed by atoms with Crippen molar-refractivity contribution in [3.05, 3.63) is 102 Å². The second-order valence-electron chi connectivity index (χ2n) is 8.19. The third kappa shape index (κ3) is 14.1. The summed E-state index contributed by atoms with van der Waals surface area (Å²) in [5.41, 5.74) is 7.57. The molecule has 3 nitrogen and oxygen atoms in total. The predicted octanol–water partition coefficient (Wildman–Crippen LogP) is 7.65. The summed E-state index contributed by atoms with van der Waals surface area (Å²) in [7, 11) is 0. The molecule has 0 aliphatic rings. The first-order valence-electron chi connectivity index (χ1n) is 12.0. The number of aryl methyl sites for hydroxylation is 3. The summed E-state index contributed by atoms with van der Waals surface area (Å²) >= 11 is 0. The average Bonchev–Trinajstić information content (AvgIpc) is 2.76. The van der Waals surface area contributed by atoms with Gasteiger partial charge in [0.05, 0.1) is 5.69 Å². The molecule has 33 heavy (non-hydrogen) atoms. The van der Waals surface area contributed by atoms with Crippen LogP contribution in [0, 0.1) is 20.8 Å². The van der Waals surface area contributed by atoms with E-state index in [2.05, 4.69) is 125 Å². The van der Waals surface area contributed by atoms with Gasteiger partial charge in [-0.05, 0) is 71.6 Å². The average molecular weight is 450 g/mol. The van der Waals surface area contributed by atoms with Gasteiger partial charge in [-0.15, -0.1) is 6.58 Å². The number of nitrogens with one attached hydrogen (secondary N) is 2. The van der Waals surface area contributed by atoms with Gasteiger partial charge < -0.3 is 15.5 Å². The molecule has 182 valence electrons. The maximum Gasteiger partial charge on any atom is 0.0508 e. The van der Waals surface area contributed by atoms with Gasteiger partial charge in [-0.3, -0.25) is 0 Å². The molecule has 0 bridgehead atoms. The van der Waals surface area contributed by atoms with Crippen molar-refractivity contribution in [1.29, 1.82) is 0 Å². The lowest BCUT2D eigenvalue weighted by Crippen LogP contribution is -2.15. The highest BCUT2D eigenvalue weighted by Crippen LogP contribution is 2.27. The van der Waals surface area contributed by atoms with Gasteiger partial charge in [0.1, 0.15) is 0 Å². The van der Waals surface area contributed by atoms with E-state index in [4.69, 9.17) is 0 Å². The van der Waals surface area contributed by atoms with Gasteiger partial charge in [0, 0.05) is 38.2 Å². The van der Waals surface area contributed by atoms with Gasteiger partial charge in [0.15, 0.2) is 0 Å². The third-order valence-corrected chi connectivity index (χ3v) is 4.87. The van der Waals surface area contributed by atoms with Gasteiger partial charge >= 0.3 is 0 Å². The fourth-order valence-corrected chi connectivity index (χ4v) is 3.23. The molecular formula is C30H47N3. The Balaban J connectivity index is 0.00000184. The Labute approximate surface area is 204 Å². The van der Waals surface area contributed by atoms with E-state index in [-0.39, 0.29) is 0 Å². The molecule has 0 saturated carbocycles. The number of anilines is 1. The molecule has 2 N–H and O–H groups in total. The SMILES string of the molecule is C/C=C/CC.C=CCNC/C=C/C(C)=C/N(/C=C\NC/C(C)=C\C)c1c(C)cc(C)cc1C. The van der Waals surface area contributed by atoms with Crippen LogP contribution < -0.4 is 15.5 Å². The highest BCUT2D eigenvalue weighted by atomic mass is 15.1. The van der Waals surface area contributed by atoms with E-state index >= 15 is 0 Å². The molecule has 0 spiro atoms. The minimum atomic E-state index is 0.820. The van der Waals surface area contributed by atoms with Gasteiger partial charge in [0.2, 0.25) is 0 Å². The van der Waals surface area contributed by atoms with E-state index in [9.17, 15) is 0 Å². The number of rotatable bonds is 12. The Morgan fingerprint density at radius 1 is 1.03 bits per heavy atom. The normalized spacial score (nSPS) is 12.4. The molecule has 0 aliphatic carbocycles. The molecule has 0 aromatic heterocycles. The first-order chi connectivity index (χ1) is 15.8. The molecule has 0 amide bonds. The van der Waals surface area contributed by atoms with Crippen molar-refractivity contribution in [2.45, 2.75) is 61.8 Å². The van der Waals surface area contributed by atoms with Crippen molar-refractivity contribution >= 4 is 5.69 Å². The van der Waals surface area contributed by atoms with E-state index in [0.717, 1.165) is 26.1 Å². The van der Waals surface area contributed by atoms with Crippen molar-refractivity contribution in [3.8, 4) is 0 Å². The van der Waals surface area contributed by atoms with Gasteiger partial charge in [-0.1, -0.05) is 66.6 Å². The Morgan fingerprint density at radius 3 is 2.21 bits per heavy atom. The predicted molar refractivity (Wildman–Crippen MR) is 151 cm³/mol. The lowest BCUT2D eigenvalue weighted by Gasteiger charge is -2.22. The van der Waals surface area contributed by atoms with Crippen molar-refractivity contribution < 1.29 is 0 Å². The first-order valence-corrected chi connectivity index (χ1v) is 12.0. The van der Waals surface area contributed by atoms with Crippen LogP contribution in [-0.4, -0.2) is 19.6 Å². The van der Waals surface area contributed by atoms with Crippen LogP contribution in [0.1, 0.15) is 57.7 Å². The standard InChI is InChI=1S/C25H37N3.C5H10/c1-8-12-26-13-10-11-21(4)19-28(15-14-27-18-20(3)9-2)25-23(6)16-22(5)17-24(25)7;1-3-5-4-2/h8-11,14-17,19,26-27H,1,12-13,18H2,2-7H3;3,5H,4H2,1-2H3/b11-10+,15-14-,20-9-,21-19+;5-3+. The lowest BCUT2D eigenvalue weighted by molar-refractivity contribution is 0.843. The van der Waals surface area contributed by atoms with Crippen LogP contribution in [0.4, 0.5) is 5.69 Å². The summed E-state index contributed by atoms with van der Waals surface area (Å²) < 4.78 is 0. The summed E-state index contributed by atoms with van der Waals surface area (Å²) in [4.78, 5) is 2.21. The summed E-state index contributed by atoms with van der Waals surface area (Å²) in [6, 6.07) is 4.47. The molecular weight excluding hydrogens is 402 g/mol. The van der Waals surface area contributed by atoms with Gasteiger partial charge in [-0.25, -0.2) is 0 Å². The maximum atomic E-state index is 3.72. The number of nitrogens with zero attached hydrogens (tertiary/aromatic N) is 1. The number of benzene rings is 1. The van der Waals surface area contributed by atoms with Crippen molar-refractivity contribution in [2.75, 3.05) is 24.5 Å². The largest absolute Gasteiger partial charge is 0.386 e. The van der Waals surface area contributed by atoms with Crippen LogP contribution in [0.25, 0.3) is 0 Å². The quantitative estimate of drug-likeness (QED) is 0.195. The molecule has 1 rings (SSSR count). The van der Waals surface area contributed by atoms with E-state index in [0.29, 0.717) is 0 Å². The minimum Gasteiger partial charge on any atom is -0.386 e. The molecule has 0 unspecified atom stereocenters. The maximum absolute atomic E-state index is 3.72. The minimum absolute atomic E-state index is 0.820. The molecule has 0 heterocycles. The van der Waals surface area contributed by atoms with Crippen LogP contribution in [0.3, 0.4) is 0 Å². The van der Waals surface area contributed by atoms with Crippen LogP contribution >= 0.6 is 0 Å². The second-order valence-corrected chi connectivity index (χ2v) is 8.19. The Morgan fingerprint density at radius 2 is 1.70 bits per heavy atom. The number of allylic oxidation sites excluding steroid dienone is 5. The smallest absolute Gasteiger partial charge is 0.0508 e. The highest BCUT2D eigenvalue weighted by Gasteiger charge is 2.09. The molecule has 0 aliphatic heterocycles. The number of hydrogen-bond donors (Lipinski definition) is 2. The van der Waals surface area contributed by atoms with Crippen molar-refractivity contribution in [1.82, 2.24) is 10.6 Å². The van der Waals surface area contributed by atoms with E-state index in [1.807, 2.05) is 19.2 Å². The molecule has 0 fully saturated rings. The molecule has 1 aromatic carbocycles. The van der Waals surface area contributed by atoms with E-state index < -0.39 is 0 Å². The number of hydrogen-bond acceptors (Lipinski definition) is 3. The van der Waals surface area contributed by atoms with Crippen LogP contribution in [0.2, 0.25) is 0 Å². The molecule has 0 radical (unpaired) electrons. The summed E-state index contributed by atoms with van der Waals surface area (Å²) in [6.45, 7) is 23.2. The van der Waals surface area contributed by atoms with Gasteiger partial charge in [0.25, 0.3) is 0 Å². The Hall–Kier alpha value is -2.78. The molecule has 1 aromatic rings. The zero-order valence-corrected chi connectivity index (χ0v) is 22.3. The Kier molecular flexibility index (Phi) is 17.2. The summed E-state index contributed by atoms with van der Waals surface area (Å²) in [5.74, 6) is 0. The fraction of sp³-hybridized carbons (Fsp3) is 0.400. The monoisotopic (exact) mass is 449 g/mol. The summed E-state index contributed by atoms with van der Waals surface area (Å²) in [6.07, 6.45) is 19.9. The second kappa shape index (κ2) is 18.8. The lowest BCUT2D eigenvalue weighted by atomic mass is 10.0. The highest BCUT2D eigenvalue weighted by molar-refractivity contribution is 5.64. The Bertz CT molecular complexity index is 815. The summed E-state index contributed by atoms with van der Waals surface area (Å²) in [5, 5.41) is 6.65. The van der Waals surface area contributed by atoms with Crippen LogP contribution in [0.15, 0.2) is 84.9 Å². The van der Waals surface area contributed by atoms with Crippen molar-refractivity contribution in [2.24, 2.45) is 0 Å². The van der Waals surface area contributed by atoms with E-state index in [1.165, 1.54) is 33.5 Å². The molecule has 0 saturated heterocycles. The fourth-order valence-electron chi connectivity index (χ4n) is 3.23. The van der Waals surface area contributed by atoms with Crippen LogP contribution in [-0.2, 0) is 0 Å². The zero-order valence-electron chi connectivity index (χ0n) is 22.3.